The Morgan fingerprint density at radius 1 is 1.25 bits per heavy atom. The van der Waals surface area contributed by atoms with Crippen molar-refractivity contribution in [1.29, 1.82) is 0 Å². The van der Waals surface area contributed by atoms with E-state index in [4.69, 9.17) is 0 Å². The number of anilines is 1. The number of nitrogens with one attached hydrogen (secondary N) is 2. The molecule has 2 aliphatic rings. The van der Waals surface area contributed by atoms with Gasteiger partial charge in [-0.2, -0.15) is 4.98 Å². The van der Waals surface area contributed by atoms with Crippen LogP contribution in [0.1, 0.15) is 31.5 Å². The number of aromatic amines is 1. The molecule has 2 aliphatic heterocycles. The molecule has 2 saturated heterocycles. The summed E-state index contributed by atoms with van der Waals surface area (Å²) in [5.41, 5.74) is 0. The molecule has 6 nitrogen and oxygen atoms in total. The third-order valence-electron chi connectivity index (χ3n) is 4.48. The highest BCUT2D eigenvalue weighted by atomic mass is 15.4. The number of H-pyrrole nitrogens is 1. The van der Waals surface area contributed by atoms with Crippen molar-refractivity contribution in [2.75, 3.05) is 38.6 Å². The fourth-order valence-electron chi connectivity index (χ4n) is 3.41. The summed E-state index contributed by atoms with van der Waals surface area (Å²) in [6.07, 6.45) is 5.22. The van der Waals surface area contributed by atoms with Gasteiger partial charge in [0.25, 0.3) is 0 Å². The van der Waals surface area contributed by atoms with Crippen LogP contribution in [0.5, 0.6) is 0 Å². The van der Waals surface area contributed by atoms with Gasteiger partial charge >= 0.3 is 0 Å². The monoisotopic (exact) mass is 278 g/mol. The van der Waals surface area contributed by atoms with E-state index >= 15 is 0 Å². The quantitative estimate of drug-likeness (QED) is 0.854. The second-order valence-electron chi connectivity index (χ2n) is 6.35. The Morgan fingerprint density at radius 2 is 2.05 bits per heavy atom. The summed E-state index contributed by atoms with van der Waals surface area (Å²) in [5.74, 6) is 2.67. The van der Waals surface area contributed by atoms with Gasteiger partial charge in [0, 0.05) is 19.1 Å². The Balaban J connectivity index is 1.53. The molecule has 0 amide bonds. The van der Waals surface area contributed by atoms with Gasteiger partial charge in [0.2, 0.25) is 5.95 Å². The molecule has 3 rings (SSSR count). The average Bonchev–Trinajstić information content (AvgIpc) is 3.09. The predicted molar refractivity (Wildman–Crippen MR) is 79.7 cm³/mol. The standard InChI is InChI=1S/C14H26N6/c1-19(2)10-13-16-14(18-17-13)20-8-5-11(6-9-20)12-4-3-7-15-12/h11-12,15H,3-10H2,1-2H3,(H,16,17,18). The minimum Gasteiger partial charge on any atom is -0.340 e. The van der Waals surface area contributed by atoms with Crippen LogP contribution in [-0.2, 0) is 6.54 Å². The zero-order valence-corrected chi connectivity index (χ0v) is 12.6. The van der Waals surface area contributed by atoms with Gasteiger partial charge in [0.15, 0.2) is 0 Å². The first-order chi connectivity index (χ1) is 9.72. The summed E-state index contributed by atoms with van der Waals surface area (Å²) in [5, 5.41) is 11.1. The Kier molecular flexibility index (Phi) is 4.21. The van der Waals surface area contributed by atoms with E-state index in [1.54, 1.807) is 0 Å². The van der Waals surface area contributed by atoms with Crippen LogP contribution >= 0.6 is 0 Å². The molecule has 20 heavy (non-hydrogen) atoms. The van der Waals surface area contributed by atoms with E-state index in [9.17, 15) is 0 Å². The lowest BCUT2D eigenvalue weighted by Crippen LogP contribution is -2.41. The van der Waals surface area contributed by atoms with E-state index in [1.807, 2.05) is 14.1 Å². The molecule has 0 bridgehead atoms. The van der Waals surface area contributed by atoms with Gasteiger partial charge in [-0.05, 0) is 52.2 Å². The maximum absolute atomic E-state index is 4.60. The highest BCUT2D eigenvalue weighted by molar-refractivity contribution is 5.29. The first-order valence-corrected chi connectivity index (χ1v) is 7.77. The minimum absolute atomic E-state index is 0.758. The summed E-state index contributed by atoms with van der Waals surface area (Å²) in [7, 11) is 4.09. The maximum Gasteiger partial charge on any atom is 0.244 e. The van der Waals surface area contributed by atoms with Crippen LogP contribution in [0, 0.1) is 5.92 Å². The van der Waals surface area contributed by atoms with E-state index in [-0.39, 0.29) is 0 Å². The van der Waals surface area contributed by atoms with E-state index in [1.165, 1.54) is 32.2 Å². The molecular weight excluding hydrogens is 252 g/mol. The van der Waals surface area contributed by atoms with Crippen molar-refractivity contribution in [3.63, 3.8) is 0 Å². The van der Waals surface area contributed by atoms with Gasteiger partial charge in [-0.15, -0.1) is 5.10 Å². The molecule has 0 radical (unpaired) electrons. The number of hydrogen-bond acceptors (Lipinski definition) is 5. The maximum atomic E-state index is 4.60. The van der Waals surface area contributed by atoms with E-state index < -0.39 is 0 Å². The summed E-state index contributed by atoms with van der Waals surface area (Å²) < 4.78 is 0. The molecule has 112 valence electrons. The average molecular weight is 278 g/mol. The van der Waals surface area contributed by atoms with E-state index in [0.29, 0.717) is 0 Å². The molecule has 1 unspecified atom stereocenters. The van der Waals surface area contributed by atoms with Gasteiger partial charge in [0.05, 0.1) is 6.54 Å². The van der Waals surface area contributed by atoms with Crippen LogP contribution < -0.4 is 10.2 Å². The lowest BCUT2D eigenvalue weighted by Gasteiger charge is -2.34. The number of hydrogen-bond donors (Lipinski definition) is 2. The normalized spacial score (nSPS) is 24.8. The number of piperidine rings is 1. The first-order valence-electron chi connectivity index (χ1n) is 7.77. The van der Waals surface area contributed by atoms with Crippen LogP contribution in [0.2, 0.25) is 0 Å². The Hall–Kier alpha value is -1.14. The van der Waals surface area contributed by atoms with Crippen LogP contribution in [0.3, 0.4) is 0 Å². The summed E-state index contributed by atoms with van der Waals surface area (Å²) >= 11 is 0. The first kappa shape index (κ1) is 13.8. The smallest absolute Gasteiger partial charge is 0.244 e. The second-order valence-corrected chi connectivity index (χ2v) is 6.35. The van der Waals surface area contributed by atoms with Crippen LogP contribution in [0.4, 0.5) is 5.95 Å². The van der Waals surface area contributed by atoms with Gasteiger partial charge < -0.3 is 15.1 Å². The molecule has 0 saturated carbocycles. The lowest BCUT2D eigenvalue weighted by atomic mass is 9.89. The van der Waals surface area contributed by atoms with Crippen molar-refractivity contribution in [2.24, 2.45) is 5.92 Å². The van der Waals surface area contributed by atoms with Crippen LogP contribution in [0.15, 0.2) is 0 Å². The zero-order valence-electron chi connectivity index (χ0n) is 12.6. The van der Waals surface area contributed by atoms with Crippen molar-refractivity contribution in [1.82, 2.24) is 25.4 Å². The highest BCUT2D eigenvalue weighted by Crippen LogP contribution is 2.27. The molecule has 0 aliphatic carbocycles. The van der Waals surface area contributed by atoms with Crippen molar-refractivity contribution >= 4 is 5.95 Å². The molecule has 1 atom stereocenters. The second kappa shape index (κ2) is 6.10. The lowest BCUT2D eigenvalue weighted by molar-refractivity contribution is 0.317. The molecule has 2 N–H and O–H groups in total. The van der Waals surface area contributed by atoms with Crippen LogP contribution in [-0.4, -0.2) is 59.9 Å². The Bertz CT molecular complexity index is 415. The van der Waals surface area contributed by atoms with Gasteiger partial charge in [-0.1, -0.05) is 0 Å². The van der Waals surface area contributed by atoms with Crippen molar-refractivity contribution in [3.05, 3.63) is 5.82 Å². The fraction of sp³-hybridized carbons (Fsp3) is 0.857. The predicted octanol–water partition coefficient (Wildman–Crippen LogP) is 0.835. The third-order valence-corrected chi connectivity index (χ3v) is 4.48. The third kappa shape index (κ3) is 3.12. The molecule has 0 spiro atoms. The van der Waals surface area contributed by atoms with Gasteiger partial charge in [-0.3, -0.25) is 5.10 Å². The molecule has 2 fully saturated rings. The summed E-state index contributed by atoms with van der Waals surface area (Å²) in [4.78, 5) is 9.02. The molecule has 6 heteroatoms. The summed E-state index contributed by atoms with van der Waals surface area (Å²) in [6.45, 7) is 4.19. The molecule has 1 aromatic rings. The Labute approximate surface area is 120 Å². The van der Waals surface area contributed by atoms with E-state index in [2.05, 4.69) is 30.3 Å². The van der Waals surface area contributed by atoms with Gasteiger partial charge in [0.1, 0.15) is 5.82 Å². The number of rotatable bonds is 4. The largest absolute Gasteiger partial charge is 0.340 e. The SMILES string of the molecule is CN(C)Cc1nc(N2CCC(C3CCCN3)CC2)n[nH]1. The highest BCUT2D eigenvalue weighted by Gasteiger charge is 2.29. The van der Waals surface area contributed by atoms with Crippen molar-refractivity contribution in [3.8, 4) is 0 Å². The molecular formula is C14H26N6. The van der Waals surface area contributed by atoms with E-state index in [0.717, 1.165) is 43.4 Å². The fourth-order valence-corrected chi connectivity index (χ4v) is 3.41. The molecule has 0 aromatic carbocycles. The van der Waals surface area contributed by atoms with Crippen LogP contribution in [0.25, 0.3) is 0 Å². The minimum atomic E-state index is 0.758. The number of aromatic nitrogens is 3. The summed E-state index contributed by atoms with van der Waals surface area (Å²) in [6, 6.07) is 0.758. The van der Waals surface area contributed by atoms with Crippen molar-refractivity contribution < 1.29 is 0 Å². The Morgan fingerprint density at radius 3 is 2.70 bits per heavy atom. The zero-order chi connectivity index (χ0) is 13.9. The molecule has 3 heterocycles. The van der Waals surface area contributed by atoms with Crippen molar-refractivity contribution in [2.45, 2.75) is 38.3 Å². The van der Waals surface area contributed by atoms with Gasteiger partial charge in [-0.25, -0.2) is 0 Å². The number of nitrogens with zero attached hydrogens (tertiary/aromatic N) is 4. The topological polar surface area (TPSA) is 60.1 Å². The molecule has 1 aromatic heterocycles.